The summed E-state index contributed by atoms with van der Waals surface area (Å²) in [6, 6.07) is 7.00. The number of carbonyl (C=O) groups is 3. The van der Waals surface area contributed by atoms with Gasteiger partial charge in [-0.05, 0) is 44.0 Å². The van der Waals surface area contributed by atoms with Crippen LogP contribution in [0.25, 0.3) is 0 Å². The summed E-state index contributed by atoms with van der Waals surface area (Å²) in [5, 5.41) is 3.08. The van der Waals surface area contributed by atoms with Gasteiger partial charge in [0.1, 0.15) is 0 Å². The molecule has 5 nitrogen and oxygen atoms in total. The molecule has 5 heteroatoms. The second-order valence-electron chi connectivity index (χ2n) is 5.73. The van der Waals surface area contributed by atoms with Gasteiger partial charge in [-0.25, -0.2) is 0 Å². The molecule has 1 aromatic carbocycles. The summed E-state index contributed by atoms with van der Waals surface area (Å²) in [7, 11) is 0. The van der Waals surface area contributed by atoms with Gasteiger partial charge in [-0.15, -0.1) is 0 Å². The van der Waals surface area contributed by atoms with Crippen molar-refractivity contribution in [2.45, 2.75) is 19.8 Å². The van der Waals surface area contributed by atoms with Crippen LogP contribution in [0.3, 0.4) is 0 Å². The maximum Gasteiger partial charge on any atom is 0.234 e. The van der Waals surface area contributed by atoms with Gasteiger partial charge in [0, 0.05) is 11.3 Å². The summed E-state index contributed by atoms with van der Waals surface area (Å²) in [6.07, 6.45) is 5.26. The smallest absolute Gasteiger partial charge is 0.234 e. The third-order valence-corrected chi connectivity index (χ3v) is 4.33. The first-order valence-corrected chi connectivity index (χ1v) is 7.43. The molecule has 1 saturated heterocycles. The Balaban J connectivity index is 1.65. The SMILES string of the molecule is CC(=O)c1ccc(NCN2C(=O)[C@H]3CC=CC[C@H]3C2=O)cc1. The van der Waals surface area contributed by atoms with Gasteiger partial charge in [-0.2, -0.15) is 0 Å². The van der Waals surface area contributed by atoms with Gasteiger partial charge in [-0.1, -0.05) is 12.2 Å². The van der Waals surface area contributed by atoms with Gasteiger partial charge in [-0.3, -0.25) is 19.3 Å². The molecule has 1 aromatic rings. The number of anilines is 1. The monoisotopic (exact) mass is 298 g/mol. The van der Waals surface area contributed by atoms with Crippen molar-refractivity contribution in [3.05, 3.63) is 42.0 Å². The lowest BCUT2D eigenvalue weighted by molar-refractivity contribution is -0.139. The second-order valence-corrected chi connectivity index (χ2v) is 5.73. The van der Waals surface area contributed by atoms with Crippen molar-refractivity contribution in [3.8, 4) is 0 Å². The van der Waals surface area contributed by atoms with Crippen LogP contribution in [0, 0.1) is 11.8 Å². The highest BCUT2D eigenvalue weighted by atomic mass is 16.2. The lowest BCUT2D eigenvalue weighted by atomic mass is 9.85. The van der Waals surface area contributed by atoms with Gasteiger partial charge in [0.2, 0.25) is 11.8 Å². The van der Waals surface area contributed by atoms with E-state index < -0.39 is 0 Å². The molecule has 114 valence electrons. The highest BCUT2D eigenvalue weighted by molar-refractivity contribution is 6.05. The number of nitrogens with one attached hydrogen (secondary N) is 1. The number of fused-ring (bicyclic) bond motifs is 1. The van der Waals surface area contributed by atoms with Crippen molar-refractivity contribution in [1.82, 2.24) is 4.90 Å². The normalized spacial score (nSPS) is 23.6. The van der Waals surface area contributed by atoms with Gasteiger partial charge in [0.25, 0.3) is 0 Å². The number of imide groups is 1. The Labute approximate surface area is 129 Å². The fourth-order valence-corrected chi connectivity index (χ4v) is 3.02. The van der Waals surface area contributed by atoms with Crippen LogP contribution < -0.4 is 5.32 Å². The van der Waals surface area contributed by atoms with Crippen LogP contribution in [0.1, 0.15) is 30.1 Å². The van der Waals surface area contributed by atoms with E-state index in [0.29, 0.717) is 18.4 Å². The van der Waals surface area contributed by atoms with E-state index in [1.54, 1.807) is 24.3 Å². The molecule has 0 bridgehead atoms. The number of nitrogens with zero attached hydrogens (tertiary/aromatic N) is 1. The zero-order valence-electron chi connectivity index (χ0n) is 12.4. The summed E-state index contributed by atoms with van der Waals surface area (Å²) in [5.74, 6) is -0.564. The topological polar surface area (TPSA) is 66.5 Å². The summed E-state index contributed by atoms with van der Waals surface area (Å²) in [5.41, 5.74) is 1.41. The molecule has 0 saturated carbocycles. The third kappa shape index (κ3) is 2.54. The van der Waals surface area contributed by atoms with E-state index in [2.05, 4.69) is 5.32 Å². The summed E-state index contributed by atoms with van der Waals surface area (Å²) in [4.78, 5) is 37.1. The molecule has 2 aliphatic rings. The second kappa shape index (κ2) is 5.75. The number of ketones is 1. The Bertz CT molecular complexity index is 622. The minimum absolute atomic E-state index is 0.00743. The molecule has 1 heterocycles. The Morgan fingerprint density at radius 3 is 2.14 bits per heavy atom. The van der Waals surface area contributed by atoms with Crippen molar-refractivity contribution in [2.24, 2.45) is 11.8 Å². The lowest BCUT2D eigenvalue weighted by Gasteiger charge is -2.16. The minimum atomic E-state index is -0.195. The Morgan fingerprint density at radius 1 is 1.09 bits per heavy atom. The van der Waals surface area contributed by atoms with Crippen LogP contribution >= 0.6 is 0 Å². The van der Waals surface area contributed by atoms with Gasteiger partial charge >= 0.3 is 0 Å². The number of benzene rings is 1. The van der Waals surface area contributed by atoms with E-state index in [-0.39, 0.29) is 36.1 Å². The largest absolute Gasteiger partial charge is 0.367 e. The van der Waals surface area contributed by atoms with Crippen LogP contribution in [-0.2, 0) is 9.59 Å². The number of hydrogen-bond donors (Lipinski definition) is 1. The lowest BCUT2D eigenvalue weighted by Crippen LogP contribution is -2.35. The number of hydrogen-bond acceptors (Lipinski definition) is 4. The first-order valence-electron chi connectivity index (χ1n) is 7.43. The van der Waals surface area contributed by atoms with Crippen molar-refractivity contribution in [3.63, 3.8) is 0 Å². The fourth-order valence-electron chi connectivity index (χ4n) is 3.02. The number of carbonyl (C=O) groups excluding carboxylic acids is 3. The van der Waals surface area contributed by atoms with Gasteiger partial charge < -0.3 is 5.32 Å². The number of likely N-dealkylation sites (tertiary alicyclic amines) is 1. The zero-order chi connectivity index (χ0) is 15.7. The van der Waals surface area contributed by atoms with Crippen molar-refractivity contribution < 1.29 is 14.4 Å². The number of rotatable bonds is 4. The first kappa shape index (κ1) is 14.5. The summed E-state index contributed by atoms with van der Waals surface area (Å²) in [6.45, 7) is 1.68. The quantitative estimate of drug-likeness (QED) is 0.526. The van der Waals surface area contributed by atoms with Crippen LogP contribution in [0.4, 0.5) is 5.69 Å². The minimum Gasteiger partial charge on any atom is -0.367 e. The van der Waals surface area contributed by atoms with E-state index in [0.717, 1.165) is 5.69 Å². The molecule has 1 aliphatic carbocycles. The third-order valence-electron chi connectivity index (χ3n) is 4.33. The van der Waals surface area contributed by atoms with Crippen molar-refractivity contribution in [1.29, 1.82) is 0 Å². The molecule has 1 fully saturated rings. The maximum atomic E-state index is 12.3. The molecule has 1 aliphatic heterocycles. The maximum absolute atomic E-state index is 12.3. The molecule has 3 rings (SSSR count). The Kier molecular flexibility index (Phi) is 3.79. The van der Waals surface area contributed by atoms with E-state index in [4.69, 9.17) is 0 Å². The summed E-state index contributed by atoms with van der Waals surface area (Å²) >= 11 is 0. The zero-order valence-corrected chi connectivity index (χ0v) is 12.4. The van der Waals surface area contributed by atoms with Crippen LogP contribution in [-0.4, -0.2) is 29.2 Å². The highest BCUT2D eigenvalue weighted by Crippen LogP contribution is 2.34. The average molecular weight is 298 g/mol. The van der Waals surface area contributed by atoms with Gasteiger partial charge in [0.15, 0.2) is 5.78 Å². The predicted molar refractivity (Wildman–Crippen MR) is 82.1 cm³/mol. The number of allylic oxidation sites excluding steroid dienone is 2. The molecule has 2 amide bonds. The van der Waals surface area contributed by atoms with Crippen molar-refractivity contribution >= 4 is 23.3 Å². The standard InChI is InChI=1S/C17H18N2O3/c1-11(20)12-6-8-13(9-7-12)18-10-19-16(21)14-4-2-3-5-15(14)17(19)22/h2-3,6-9,14-15,18H,4-5,10H2,1H3/t14-,15+. The molecule has 0 aromatic heterocycles. The van der Waals surface area contributed by atoms with E-state index in [1.165, 1.54) is 11.8 Å². The molecule has 0 spiro atoms. The fraction of sp³-hybridized carbons (Fsp3) is 0.353. The predicted octanol–water partition coefficient (Wildman–Crippen LogP) is 2.21. The molecule has 0 radical (unpaired) electrons. The van der Waals surface area contributed by atoms with Gasteiger partial charge in [0.05, 0.1) is 18.5 Å². The number of amides is 2. The Morgan fingerprint density at radius 2 is 1.64 bits per heavy atom. The average Bonchev–Trinajstić information content (AvgIpc) is 2.78. The van der Waals surface area contributed by atoms with E-state index in [1.807, 2.05) is 12.2 Å². The molecule has 0 unspecified atom stereocenters. The van der Waals surface area contributed by atoms with E-state index in [9.17, 15) is 14.4 Å². The molecule has 22 heavy (non-hydrogen) atoms. The van der Waals surface area contributed by atoms with Crippen LogP contribution in [0.15, 0.2) is 36.4 Å². The molecular weight excluding hydrogens is 280 g/mol. The first-order chi connectivity index (χ1) is 10.6. The highest BCUT2D eigenvalue weighted by Gasteiger charge is 2.46. The van der Waals surface area contributed by atoms with Crippen molar-refractivity contribution in [2.75, 3.05) is 12.0 Å². The summed E-state index contributed by atoms with van der Waals surface area (Å²) < 4.78 is 0. The molecular formula is C17H18N2O3. The Hall–Kier alpha value is -2.43. The molecule has 2 atom stereocenters. The molecule has 1 N–H and O–H groups in total. The van der Waals surface area contributed by atoms with Crippen LogP contribution in [0.2, 0.25) is 0 Å². The van der Waals surface area contributed by atoms with E-state index >= 15 is 0 Å². The van der Waals surface area contributed by atoms with Crippen LogP contribution in [0.5, 0.6) is 0 Å². The number of Topliss-reactive ketones (excluding diaryl/α,β-unsaturated/α-hetero) is 1.